The van der Waals surface area contributed by atoms with E-state index in [1.807, 2.05) is 23.7 Å². The zero-order chi connectivity index (χ0) is 14.2. The van der Waals surface area contributed by atoms with Crippen LogP contribution in [0.2, 0.25) is 0 Å². The molecule has 0 saturated heterocycles. The van der Waals surface area contributed by atoms with Gasteiger partial charge in [-0.1, -0.05) is 0 Å². The van der Waals surface area contributed by atoms with Crippen LogP contribution < -0.4 is 5.32 Å². The number of hydrogen-bond acceptors (Lipinski definition) is 4. The summed E-state index contributed by atoms with van der Waals surface area (Å²) in [7, 11) is 0. The molecule has 3 aromatic rings. The molecule has 1 fully saturated rings. The van der Waals surface area contributed by atoms with Crippen LogP contribution in [0.25, 0.3) is 21.6 Å². The van der Waals surface area contributed by atoms with Crippen molar-refractivity contribution in [2.75, 3.05) is 6.54 Å². The van der Waals surface area contributed by atoms with Gasteiger partial charge in [0.05, 0.1) is 0 Å². The zero-order valence-electron chi connectivity index (χ0n) is 11.3. The number of pyridine rings is 1. The summed E-state index contributed by atoms with van der Waals surface area (Å²) in [6.45, 7) is 0.767. The quantitative estimate of drug-likeness (QED) is 0.778. The monoisotopic (exact) mass is 300 g/mol. The van der Waals surface area contributed by atoms with Gasteiger partial charge in [-0.3, -0.25) is 4.79 Å². The molecule has 0 atom stereocenters. The Kier molecular flexibility index (Phi) is 2.96. The first-order chi connectivity index (χ1) is 10.3. The second-order valence-electron chi connectivity index (χ2n) is 5.29. The van der Waals surface area contributed by atoms with Crippen LogP contribution in [0.4, 0.5) is 0 Å². The van der Waals surface area contributed by atoms with Gasteiger partial charge in [0.15, 0.2) is 0 Å². The molecular formula is C15H16N4OS. The molecule has 1 amide bonds. The summed E-state index contributed by atoms with van der Waals surface area (Å²) in [5, 5.41) is 6.63. The van der Waals surface area contributed by atoms with Crippen molar-refractivity contribution in [2.45, 2.75) is 12.8 Å². The van der Waals surface area contributed by atoms with Crippen LogP contribution in [-0.4, -0.2) is 27.4 Å². The third-order valence-electron chi connectivity index (χ3n) is 3.68. The lowest BCUT2D eigenvalue weighted by atomic mass is 10.2. The van der Waals surface area contributed by atoms with Gasteiger partial charge in [-0.25, -0.2) is 9.97 Å². The summed E-state index contributed by atoms with van der Waals surface area (Å²) in [5.74, 6) is 0.593. The van der Waals surface area contributed by atoms with Crippen LogP contribution in [0, 0.1) is 5.92 Å². The van der Waals surface area contributed by atoms with Crippen LogP contribution in [0.3, 0.4) is 0 Å². The third kappa shape index (κ3) is 2.42. The first-order valence-electron chi connectivity index (χ1n) is 6.97. The first kappa shape index (κ1) is 12.5. The lowest BCUT2D eigenvalue weighted by Gasteiger charge is -2.00. The van der Waals surface area contributed by atoms with E-state index in [1.165, 1.54) is 24.2 Å². The van der Waals surface area contributed by atoms with Crippen molar-refractivity contribution in [3.63, 3.8) is 0 Å². The minimum atomic E-state index is -0.0798. The number of carbonyl (C=O) groups excluding carboxylic acids is 1. The van der Waals surface area contributed by atoms with Gasteiger partial charge >= 0.3 is 0 Å². The second kappa shape index (κ2) is 4.96. The standard InChI is InChI=1S/C15H14N4OS.H2/c20-14(18-7-9-1-2-9)12-8-21-15(19-12)11-4-6-17-13-10(11)3-5-16-13;/h3-6,8-9H,1-2,7H2,(H,16,17)(H,18,20);1H. The Morgan fingerprint density at radius 3 is 3.24 bits per heavy atom. The fraction of sp³-hybridized carbons (Fsp3) is 0.267. The molecule has 21 heavy (non-hydrogen) atoms. The SMILES string of the molecule is O=C(NCC1CC1)c1csc(-c2ccnc3[nH]ccc23)n1.[HH]. The van der Waals surface area contributed by atoms with E-state index < -0.39 is 0 Å². The predicted molar refractivity (Wildman–Crippen MR) is 84.4 cm³/mol. The number of nitrogens with one attached hydrogen (secondary N) is 2. The minimum absolute atomic E-state index is 0. The molecular weight excluding hydrogens is 284 g/mol. The van der Waals surface area contributed by atoms with E-state index in [4.69, 9.17) is 0 Å². The van der Waals surface area contributed by atoms with Crippen molar-refractivity contribution in [1.29, 1.82) is 0 Å². The number of carbonyl (C=O) groups is 1. The number of rotatable bonds is 4. The first-order valence-corrected chi connectivity index (χ1v) is 7.85. The molecule has 0 bridgehead atoms. The van der Waals surface area contributed by atoms with E-state index in [-0.39, 0.29) is 7.33 Å². The maximum Gasteiger partial charge on any atom is 0.270 e. The van der Waals surface area contributed by atoms with Crippen molar-refractivity contribution in [3.8, 4) is 10.6 Å². The predicted octanol–water partition coefficient (Wildman–Crippen LogP) is 3.07. The van der Waals surface area contributed by atoms with E-state index in [9.17, 15) is 4.79 Å². The molecule has 0 spiro atoms. The molecule has 1 aliphatic carbocycles. The Labute approximate surface area is 126 Å². The van der Waals surface area contributed by atoms with Crippen LogP contribution in [0.15, 0.2) is 29.9 Å². The highest BCUT2D eigenvalue weighted by molar-refractivity contribution is 7.13. The zero-order valence-corrected chi connectivity index (χ0v) is 12.1. The van der Waals surface area contributed by atoms with Gasteiger partial charge in [-0.2, -0.15) is 0 Å². The average Bonchev–Trinajstić information content (AvgIpc) is 3.02. The number of nitrogens with zero attached hydrogens (tertiary/aromatic N) is 2. The van der Waals surface area contributed by atoms with Crippen molar-refractivity contribution in [3.05, 3.63) is 35.6 Å². The number of thiazole rings is 1. The van der Waals surface area contributed by atoms with Gasteiger partial charge in [-0.05, 0) is 30.9 Å². The molecule has 4 rings (SSSR count). The lowest BCUT2D eigenvalue weighted by molar-refractivity contribution is 0.0947. The molecule has 0 unspecified atom stereocenters. The molecule has 2 N–H and O–H groups in total. The summed E-state index contributed by atoms with van der Waals surface area (Å²) < 4.78 is 0. The van der Waals surface area contributed by atoms with Gasteiger partial charge in [0.2, 0.25) is 0 Å². The molecule has 5 nitrogen and oxygen atoms in total. The van der Waals surface area contributed by atoms with Gasteiger partial charge in [0.1, 0.15) is 16.3 Å². The van der Waals surface area contributed by atoms with Crippen LogP contribution in [0.5, 0.6) is 0 Å². The largest absolute Gasteiger partial charge is 0.350 e. The Bertz CT molecular complexity index is 809. The van der Waals surface area contributed by atoms with Crippen LogP contribution in [-0.2, 0) is 0 Å². The highest BCUT2D eigenvalue weighted by Gasteiger charge is 2.22. The molecule has 0 aromatic carbocycles. The third-order valence-corrected chi connectivity index (χ3v) is 4.55. The Hall–Kier alpha value is -2.21. The van der Waals surface area contributed by atoms with E-state index >= 15 is 0 Å². The fourth-order valence-electron chi connectivity index (χ4n) is 2.30. The average molecular weight is 300 g/mol. The van der Waals surface area contributed by atoms with E-state index in [0.717, 1.165) is 28.1 Å². The summed E-state index contributed by atoms with van der Waals surface area (Å²) >= 11 is 1.49. The molecule has 3 aromatic heterocycles. The minimum Gasteiger partial charge on any atom is -0.350 e. The number of aromatic amines is 1. The van der Waals surface area contributed by atoms with Crippen molar-refractivity contribution in [2.24, 2.45) is 5.92 Å². The molecule has 1 aliphatic rings. The van der Waals surface area contributed by atoms with Gasteiger partial charge in [-0.15, -0.1) is 11.3 Å². The second-order valence-corrected chi connectivity index (χ2v) is 6.15. The summed E-state index contributed by atoms with van der Waals surface area (Å²) in [4.78, 5) is 23.9. The van der Waals surface area contributed by atoms with Gasteiger partial charge < -0.3 is 10.3 Å². The fourth-order valence-corrected chi connectivity index (χ4v) is 3.14. The van der Waals surface area contributed by atoms with Crippen molar-refractivity contribution in [1.82, 2.24) is 20.3 Å². The molecule has 3 heterocycles. The van der Waals surface area contributed by atoms with Crippen LogP contribution in [0.1, 0.15) is 24.8 Å². The number of H-pyrrole nitrogens is 1. The summed E-state index contributed by atoms with van der Waals surface area (Å²) in [6, 6.07) is 3.91. The molecule has 1 saturated carbocycles. The van der Waals surface area contributed by atoms with Crippen molar-refractivity contribution < 1.29 is 6.22 Å². The molecule has 0 radical (unpaired) electrons. The number of aromatic nitrogens is 3. The lowest BCUT2D eigenvalue weighted by Crippen LogP contribution is -2.25. The Morgan fingerprint density at radius 1 is 1.48 bits per heavy atom. The maximum absolute atomic E-state index is 12.0. The van der Waals surface area contributed by atoms with Gasteiger partial charge in [0, 0.05) is 36.7 Å². The smallest absolute Gasteiger partial charge is 0.270 e. The normalized spacial score (nSPS) is 14.5. The van der Waals surface area contributed by atoms with E-state index in [0.29, 0.717) is 11.6 Å². The summed E-state index contributed by atoms with van der Waals surface area (Å²) in [5.41, 5.74) is 2.34. The molecule has 0 aliphatic heterocycles. The van der Waals surface area contributed by atoms with Crippen LogP contribution >= 0.6 is 11.3 Å². The number of hydrogen-bond donors (Lipinski definition) is 2. The highest BCUT2D eigenvalue weighted by atomic mass is 32.1. The topological polar surface area (TPSA) is 70.7 Å². The number of fused-ring (bicyclic) bond motifs is 1. The Balaban J connectivity index is 0.00000144. The van der Waals surface area contributed by atoms with Gasteiger partial charge in [0.25, 0.3) is 5.91 Å². The molecule has 6 heteroatoms. The van der Waals surface area contributed by atoms with E-state index in [2.05, 4.69) is 20.3 Å². The number of amides is 1. The van der Waals surface area contributed by atoms with E-state index in [1.54, 1.807) is 6.20 Å². The highest BCUT2D eigenvalue weighted by Crippen LogP contribution is 2.30. The van der Waals surface area contributed by atoms with Crippen molar-refractivity contribution >= 4 is 28.3 Å². The summed E-state index contributed by atoms with van der Waals surface area (Å²) in [6.07, 6.45) is 6.07. The molecule has 108 valence electrons. The maximum atomic E-state index is 12.0. The Morgan fingerprint density at radius 2 is 2.38 bits per heavy atom.